The second-order valence-corrected chi connectivity index (χ2v) is 40.1. The largest absolute Gasteiger partial charge is 0.309 e. The maximum atomic E-state index is 9.35. The molecular weight excluding hydrogens is 1770 g/mol. The zero-order chi connectivity index (χ0) is 97.2. The third-order valence-electron chi connectivity index (χ3n) is 31.4. The fourth-order valence-corrected chi connectivity index (χ4v) is 24.7. The van der Waals surface area contributed by atoms with E-state index in [0.29, 0.717) is 5.56 Å². The molecule has 2 aliphatic rings. The van der Waals surface area contributed by atoms with Gasteiger partial charge in [0.2, 0.25) is 0 Å². The van der Waals surface area contributed by atoms with Gasteiger partial charge in [0.05, 0.1) is 89.2 Å². The molecule has 0 atom stereocenters. The van der Waals surface area contributed by atoms with Crippen molar-refractivity contribution in [2.24, 2.45) is 0 Å². The first-order chi connectivity index (χ1) is 71.9. The molecule has 0 radical (unpaired) electrons. The zero-order valence-corrected chi connectivity index (χ0v) is 81.1. The van der Waals surface area contributed by atoms with E-state index in [-0.39, 0.29) is 10.8 Å². The lowest BCUT2D eigenvalue weighted by Gasteiger charge is -2.25. The molecule has 0 N–H and O–H groups in total. The van der Waals surface area contributed by atoms with Crippen LogP contribution in [0.5, 0.6) is 0 Å². The Kier molecular flexibility index (Phi) is 19.6. The van der Waals surface area contributed by atoms with Gasteiger partial charge in [-0.25, -0.2) is 0 Å². The molecule has 30 rings (SSSR count). The fourth-order valence-electron chi connectivity index (χ4n) is 24.7. The van der Waals surface area contributed by atoms with Crippen LogP contribution in [0.15, 0.2) is 504 Å². The summed E-state index contributed by atoms with van der Waals surface area (Å²) in [5, 5.41) is 24.4. The number of benzene rings is 22. The molecule has 0 fully saturated rings. The Morgan fingerprint density at radius 1 is 0.164 bits per heavy atom. The smallest absolute Gasteiger partial charge is 0.0991 e. The van der Waals surface area contributed by atoms with E-state index in [1.54, 1.807) is 0 Å². The highest BCUT2D eigenvalue weighted by molar-refractivity contribution is 6.21. The zero-order valence-electron chi connectivity index (χ0n) is 81.1. The van der Waals surface area contributed by atoms with Gasteiger partial charge in [-0.3, -0.25) is 0 Å². The molecule has 6 heterocycles. The average Bonchev–Trinajstić information content (AvgIpc) is 1.50. The molecule has 0 bridgehead atoms. The van der Waals surface area contributed by atoms with Crippen LogP contribution in [0.4, 0.5) is 0 Å². The molecule has 6 aromatic heterocycles. The molecule has 146 heavy (non-hydrogen) atoms. The van der Waals surface area contributed by atoms with Crippen LogP contribution in [-0.2, 0) is 10.8 Å². The monoisotopic (exact) mass is 1860 g/mol. The Bertz CT molecular complexity index is 10000. The molecular formula is C139H95N7. The average molecular weight is 1860 g/mol. The van der Waals surface area contributed by atoms with E-state index in [4.69, 9.17) is 0 Å². The number of rotatable bonds is 11. The summed E-state index contributed by atoms with van der Waals surface area (Å²) >= 11 is 0. The Labute approximate surface area is 845 Å². The second-order valence-electron chi connectivity index (χ2n) is 40.1. The van der Waals surface area contributed by atoms with Crippen LogP contribution in [0.2, 0.25) is 0 Å². The van der Waals surface area contributed by atoms with Crippen molar-refractivity contribution in [3.05, 3.63) is 531 Å². The summed E-state index contributed by atoms with van der Waals surface area (Å²) in [6.07, 6.45) is 0. The summed E-state index contributed by atoms with van der Waals surface area (Å²) < 4.78 is 14.5. The molecule has 2 aliphatic carbocycles. The third-order valence-corrected chi connectivity index (χ3v) is 31.4. The Morgan fingerprint density at radius 2 is 0.404 bits per heavy atom. The summed E-state index contributed by atoms with van der Waals surface area (Å²) in [5.41, 5.74) is 45.0. The van der Waals surface area contributed by atoms with E-state index in [2.05, 4.69) is 540 Å². The van der Waals surface area contributed by atoms with Gasteiger partial charge in [-0.2, -0.15) is 5.26 Å². The van der Waals surface area contributed by atoms with Crippen LogP contribution >= 0.6 is 0 Å². The quantitative estimate of drug-likeness (QED) is 0.127. The van der Waals surface area contributed by atoms with Crippen molar-refractivity contribution in [2.45, 2.75) is 38.5 Å². The van der Waals surface area contributed by atoms with Crippen molar-refractivity contribution < 1.29 is 0 Å². The topological polar surface area (TPSA) is 53.4 Å². The number of fused-ring (bicyclic) bond motifs is 24. The van der Waals surface area contributed by atoms with Gasteiger partial charge in [-0.1, -0.05) is 355 Å². The Hall–Kier alpha value is -18.9. The molecule has 686 valence electrons. The second kappa shape index (κ2) is 33.7. The minimum absolute atomic E-state index is 0.117. The predicted molar refractivity (Wildman–Crippen MR) is 612 cm³/mol. The number of aromatic nitrogens is 6. The maximum absolute atomic E-state index is 9.35. The molecule has 0 unspecified atom stereocenters. The predicted octanol–water partition coefficient (Wildman–Crippen LogP) is 36.5. The standard InChI is InChI=1S/C54H40N2.C49H31N3.C36H24N2/c1-53(2)43-21-9-5-15-35(43)39-19-13-25-49(51(39)53)55-45-23-11-7-17-37(45)41-31-33(27-29-47(41)55)34-28-30-48-42(32-34)38-18-8-12-24-46(38)56(48)50-26-14-20-40-36-16-6-10-22-44(36)54(3,4)52(40)50;50-32-33-17-23-40(24-18-33)51-46-15-6-4-13-42(46)44-30-38(21-27-48(44)51)39-22-28-49-45(31-39)43-14-5-7-16-47(43)52(49)41-25-19-35(20-26-41)37-12-8-11-36(29-37)34-9-2-1-3-10-34;1-3-11-25(12-4-1)26-19-21-28(22-20-26)38-34-18-10-8-16-30(34)32-23-31-29-15-7-9-17-33(29)37(35(31)24-36(32)38)27-13-5-2-6-14-27/h5-32H,1-4H3;1-31H;1-24H. The first kappa shape index (κ1) is 85.1. The molecule has 0 spiro atoms. The molecule has 22 aromatic carbocycles. The van der Waals surface area contributed by atoms with E-state index in [0.717, 1.165) is 28.1 Å². The number of hydrogen-bond donors (Lipinski definition) is 0. The van der Waals surface area contributed by atoms with E-state index in [1.165, 1.54) is 237 Å². The normalized spacial score (nSPS) is 12.8. The van der Waals surface area contributed by atoms with E-state index < -0.39 is 0 Å². The van der Waals surface area contributed by atoms with Crippen molar-refractivity contribution in [1.82, 2.24) is 27.4 Å². The van der Waals surface area contributed by atoms with E-state index >= 15 is 0 Å². The molecule has 0 amide bonds. The van der Waals surface area contributed by atoms with Crippen LogP contribution < -0.4 is 0 Å². The summed E-state index contributed by atoms with van der Waals surface area (Å²) in [6.45, 7) is 9.52. The van der Waals surface area contributed by atoms with Gasteiger partial charge >= 0.3 is 0 Å². The van der Waals surface area contributed by atoms with Crippen LogP contribution in [-0.4, -0.2) is 27.4 Å². The minimum Gasteiger partial charge on any atom is -0.309 e. The van der Waals surface area contributed by atoms with Crippen LogP contribution in [0.1, 0.15) is 55.5 Å². The SMILES string of the molecule is CC1(C)c2ccccc2-c2cccc(-n3c4ccccc4c4cc(-c5ccc6c(c5)c5ccccc5n6-c5cccc6c5C(C)(C)c5ccccc5-6)ccc43)c21.N#Cc1ccc(-n2c3ccccc3c3cc(-c4ccc5c(c4)c4ccccc4n5-c4ccc(-c5cccc(-c6ccccc6)c5)cc4)ccc32)cc1.c1ccc(-c2ccc(-n3c4ccccc4c4cc5c6ccccc6n(-c6ccccc6)c5cc43)cc2)cc1. The number of nitriles is 1. The lowest BCUT2D eigenvalue weighted by atomic mass is 9.81. The molecule has 28 aromatic rings. The van der Waals surface area contributed by atoms with Gasteiger partial charge in [-0.15, -0.1) is 0 Å². The minimum atomic E-state index is -0.117. The Morgan fingerprint density at radius 3 is 0.774 bits per heavy atom. The Balaban J connectivity index is 0.000000108. The number of para-hydroxylation sites is 7. The first-order valence-corrected chi connectivity index (χ1v) is 50.5. The molecule has 0 saturated heterocycles. The first-order valence-electron chi connectivity index (χ1n) is 50.5. The van der Waals surface area contributed by atoms with Gasteiger partial charge in [0, 0.05) is 98.2 Å². The summed E-state index contributed by atoms with van der Waals surface area (Å²) in [4.78, 5) is 0. The van der Waals surface area contributed by atoms with Crippen molar-refractivity contribution in [1.29, 1.82) is 5.26 Å². The molecule has 7 nitrogen and oxygen atoms in total. The van der Waals surface area contributed by atoms with Crippen LogP contribution in [0.25, 0.3) is 243 Å². The summed E-state index contributed by atoms with van der Waals surface area (Å²) in [6, 6.07) is 185. The molecule has 7 heteroatoms. The number of nitrogens with zero attached hydrogens (tertiary/aromatic N) is 7. The highest BCUT2D eigenvalue weighted by Gasteiger charge is 2.40. The van der Waals surface area contributed by atoms with Crippen molar-refractivity contribution in [3.63, 3.8) is 0 Å². The van der Waals surface area contributed by atoms with E-state index in [1.807, 2.05) is 24.3 Å². The van der Waals surface area contributed by atoms with Crippen LogP contribution in [0, 0.1) is 11.3 Å². The van der Waals surface area contributed by atoms with Gasteiger partial charge < -0.3 is 27.4 Å². The number of hydrogen-bond acceptors (Lipinski definition) is 1. The van der Waals surface area contributed by atoms with Gasteiger partial charge in [0.15, 0.2) is 0 Å². The molecule has 0 aliphatic heterocycles. The highest BCUT2D eigenvalue weighted by atomic mass is 15.0. The van der Waals surface area contributed by atoms with E-state index in [9.17, 15) is 5.26 Å². The third kappa shape index (κ3) is 13.4. The fraction of sp³-hybridized carbons (Fsp3) is 0.0432. The summed E-state index contributed by atoms with van der Waals surface area (Å²) in [5.74, 6) is 0. The van der Waals surface area contributed by atoms with Crippen molar-refractivity contribution in [2.75, 3.05) is 0 Å². The lowest BCUT2D eigenvalue weighted by Crippen LogP contribution is -2.18. The van der Waals surface area contributed by atoms with Gasteiger partial charge in [-0.05, 0) is 276 Å². The maximum Gasteiger partial charge on any atom is 0.0991 e. The van der Waals surface area contributed by atoms with Crippen molar-refractivity contribution >= 4 is 131 Å². The van der Waals surface area contributed by atoms with Gasteiger partial charge in [0.25, 0.3) is 0 Å². The molecule has 0 saturated carbocycles. The van der Waals surface area contributed by atoms with Crippen molar-refractivity contribution in [3.8, 4) is 118 Å². The lowest BCUT2D eigenvalue weighted by molar-refractivity contribution is 0.656. The van der Waals surface area contributed by atoms with Crippen LogP contribution in [0.3, 0.4) is 0 Å². The van der Waals surface area contributed by atoms with Gasteiger partial charge in [0.1, 0.15) is 0 Å². The summed E-state index contributed by atoms with van der Waals surface area (Å²) in [7, 11) is 0. The highest BCUT2D eigenvalue weighted by Crippen LogP contribution is 2.55.